The van der Waals surface area contributed by atoms with Crippen LogP contribution in [0.1, 0.15) is 30.1 Å². The molecular weight excluding hydrogens is 262 g/mol. The summed E-state index contributed by atoms with van der Waals surface area (Å²) in [5.74, 6) is -0.848. The number of nitrogens with one attached hydrogen (secondary N) is 1. The van der Waals surface area contributed by atoms with Crippen LogP contribution in [0.4, 0.5) is 0 Å². The fourth-order valence-corrected chi connectivity index (χ4v) is 1.85. The number of aliphatic carboxylic acids is 1. The standard InChI is InChI=1S/C14H19NO5/c1-4-6-10(14(17)18)15-13(16)9-7-5-8-11(19-2)12(9)20-3/h5,7-8,10H,4,6H2,1-3H3,(H,15,16)(H,17,18)/t10-/m1/s1. The molecule has 0 bridgehead atoms. The zero-order valence-corrected chi connectivity index (χ0v) is 11.8. The first kappa shape index (κ1) is 15.8. The molecule has 0 heterocycles. The topological polar surface area (TPSA) is 84.9 Å². The lowest BCUT2D eigenvalue weighted by molar-refractivity contribution is -0.139. The van der Waals surface area contributed by atoms with Gasteiger partial charge in [-0.25, -0.2) is 4.79 Å². The van der Waals surface area contributed by atoms with E-state index in [0.717, 1.165) is 0 Å². The molecule has 1 aromatic rings. The third kappa shape index (κ3) is 3.63. The van der Waals surface area contributed by atoms with Crippen LogP contribution in [-0.2, 0) is 4.79 Å². The Balaban J connectivity index is 2.99. The molecule has 0 spiro atoms. The number of benzene rings is 1. The molecule has 0 saturated carbocycles. The lowest BCUT2D eigenvalue weighted by Crippen LogP contribution is -2.40. The number of ether oxygens (including phenoxy) is 2. The Hall–Kier alpha value is -2.24. The van der Waals surface area contributed by atoms with Crippen LogP contribution in [0.15, 0.2) is 18.2 Å². The van der Waals surface area contributed by atoms with Gasteiger partial charge >= 0.3 is 5.97 Å². The first-order chi connectivity index (χ1) is 9.54. The number of methoxy groups -OCH3 is 2. The van der Waals surface area contributed by atoms with Crippen LogP contribution in [0, 0.1) is 0 Å². The van der Waals surface area contributed by atoms with Crippen molar-refractivity contribution >= 4 is 11.9 Å². The number of para-hydroxylation sites is 1. The molecule has 1 rings (SSSR count). The maximum Gasteiger partial charge on any atom is 0.326 e. The monoisotopic (exact) mass is 281 g/mol. The fourth-order valence-electron chi connectivity index (χ4n) is 1.85. The van der Waals surface area contributed by atoms with Crippen LogP contribution in [0.5, 0.6) is 11.5 Å². The lowest BCUT2D eigenvalue weighted by atomic mass is 10.1. The summed E-state index contributed by atoms with van der Waals surface area (Å²) >= 11 is 0. The first-order valence-corrected chi connectivity index (χ1v) is 6.29. The van der Waals surface area contributed by atoms with Gasteiger partial charge in [0.25, 0.3) is 5.91 Å². The number of carboxylic acids is 1. The number of carbonyl (C=O) groups excluding carboxylic acids is 1. The van der Waals surface area contributed by atoms with Crippen molar-refractivity contribution in [2.24, 2.45) is 0 Å². The van der Waals surface area contributed by atoms with Crippen LogP contribution in [-0.4, -0.2) is 37.2 Å². The van der Waals surface area contributed by atoms with Crippen LogP contribution in [0.2, 0.25) is 0 Å². The molecule has 0 fully saturated rings. The van der Waals surface area contributed by atoms with Gasteiger partial charge in [0, 0.05) is 0 Å². The Morgan fingerprint density at radius 2 is 2.00 bits per heavy atom. The van der Waals surface area contributed by atoms with E-state index < -0.39 is 17.9 Å². The normalized spacial score (nSPS) is 11.6. The summed E-state index contributed by atoms with van der Waals surface area (Å²) in [7, 11) is 2.89. The zero-order chi connectivity index (χ0) is 15.1. The maximum absolute atomic E-state index is 12.2. The minimum Gasteiger partial charge on any atom is -0.493 e. The number of hydrogen-bond acceptors (Lipinski definition) is 4. The number of carbonyl (C=O) groups is 2. The smallest absolute Gasteiger partial charge is 0.326 e. The predicted molar refractivity (Wildman–Crippen MR) is 73.3 cm³/mol. The molecule has 2 N–H and O–H groups in total. The van der Waals surface area contributed by atoms with Crippen molar-refractivity contribution < 1.29 is 24.2 Å². The van der Waals surface area contributed by atoms with E-state index in [-0.39, 0.29) is 11.3 Å². The second-order valence-electron chi connectivity index (χ2n) is 4.19. The molecule has 1 amide bonds. The lowest BCUT2D eigenvalue weighted by Gasteiger charge is -2.16. The Kier molecular flexibility index (Phi) is 5.83. The summed E-state index contributed by atoms with van der Waals surface area (Å²) in [6, 6.07) is 3.95. The molecule has 20 heavy (non-hydrogen) atoms. The minimum atomic E-state index is -1.05. The quantitative estimate of drug-likeness (QED) is 0.794. The number of rotatable bonds is 7. The number of hydrogen-bond donors (Lipinski definition) is 2. The summed E-state index contributed by atoms with van der Waals surface area (Å²) < 4.78 is 10.3. The van der Waals surface area contributed by atoms with E-state index >= 15 is 0 Å². The molecule has 110 valence electrons. The van der Waals surface area contributed by atoms with Crippen molar-refractivity contribution in [3.05, 3.63) is 23.8 Å². The van der Waals surface area contributed by atoms with Gasteiger partial charge in [0.05, 0.1) is 19.8 Å². The highest BCUT2D eigenvalue weighted by Crippen LogP contribution is 2.30. The Bertz CT molecular complexity index is 486. The van der Waals surface area contributed by atoms with Crippen molar-refractivity contribution in [2.75, 3.05) is 14.2 Å². The number of carboxylic acid groups (broad SMARTS) is 1. The summed E-state index contributed by atoms with van der Waals surface area (Å²) in [6.07, 6.45) is 1.03. The fraction of sp³-hybridized carbons (Fsp3) is 0.429. The van der Waals surface area contributed by atoms with Gasteiger partial charge in [-0.2, -0.15) is 0 Å². The van der Waals surface area contributed by atoms with Crippen LogP contribution in [0.25, 0.3) is 0 Å². The highest BCUT2D eigenvalue weighted by atomic mass is 16.5. The van der Waals surface area contributed by atoms with Crippen molar-refractivity contribution in [1.82, 2.24) is 5.32 Å². The van der Waals surface area contributed by atoms with Gasteiger partial charge in [0.1, 0.15) is 6.04 Å². The van der Waals surface area contributed by atoms with Crippen molar-refractivity contribution in [3.8, 4) is 11.5 Å². The van der Waals surface area contributed by atoms with Gasteiger partial charge in [0.2, 0.25) is 0 Å². The molecule has 0 radical (unpaired) electrons. The average molecular weight is 281 g/mol. The van der Waals surface area contributed by atoms with E-state index in [2.05, 4.69) is 5.32 Å². The van der Waals surface area contributed by atoms with Gasteiger partial charge in [0.15, 0.2) is 11.5 Å². The molecule has 6 nitrogen and oxygen atoms in total. The molecule has 1 aromatic carbocycles. The molecule has 0 aliphatic rings. The van der Waals surface area contributed by atoms with Gasteiger partial charge in [-0.05, 0) is 18.6 Å². The second kappa shape index (κ2) is 7.37. The maximum atomic E-state index is 12.2. The van der Waals surface area contributed by atoms with E-state index in [0.29, 0.717) is 18.6 Å². The average Bonchev–Trinajstić information content (AvgIpc) is 2.45. The van der Waals surface area contributed by atoms with E-state index in [1.807, 2.05) is 6.92 Å². The Labute approximate surface area is 117 Å². The molecule has 1 atom stereocenters. The van der Waals surface area contributed by atoms with E-state index in [9.17, 15) is 9.59 Å². The minimum absolute atomic E-state index is 0.245. The van der Waals surface area contributed by atoms with Gasteiger partial charge in [-0.15, -0.1) is 0 Å². The molecule has 0 aromatic heterocycles. The third-order valence-corrected chi connectivity index (χ3v) is 2.83. The molecule has 0 aliphatic heterocycles. The van der Waals surface area contributed by atoms with Crippen molar-refractivity contribution in [3.63, 3.8) is 0 Å². The van der Waals surface area contributed by atoms with Crippen LogP contribution >= 0.6 is 0 Å². The molecule has 6 heteroatoms. The van der Waals surface area contributed by atoms with E-state index in [1.165, 1.54) is 14.2 Å². The highest BCUT2D eigenvalue weighted by Gasteiger charge is 2.22. The SMILES string of the molecule is CCC[C@@H](NC(=O)c1cccc(OC)c1OC)C(=O)O. The predicted octanol–water partition coefficient (Wildman–Crippen LogP) is 1.69. The van der Waals surface area contributed by atoms with Gasteiger partial charge in [-0.3, -0.25) is 4.79 Å². The summed E-state index contributed by atoms with van der Waals surface area (Å²) in [6.45, 7) is 1.86. The first-order valence-electron chi connectivity index (χ1n) is 6.29. The van der Waals surface area contributed by atoms with Gasteiger partial charge in [-0.1, -0.05) is 19.4 Å². The van der Waals surface area contributed by atoms with Crippen LogP contribution in [0.3, 0.4) is 0 Å². The largest absolute Gasteiger partial charge is 0.493 e. The summed E-state index contributed by atoms with van der Waals surface area (Å²) in [5, 5.41) is 11.5. The molecular formula is C14H19NO5. The third-order valence-electron chi connectivity index (χ3n) is 2.83. The zero-order valence-electron chi connectivity index (χ0n) is 11.8. The summed E-state index contributed by atoms with van der Waals surface area (Å²) in [5.41, 5.74) is 0.245. The second-order valence-corrected chi connectivity index (χ2v) is 4.19. The van der Waals surface area contributed by atoms with Crippen molar-refractivity contribution in [2.45, 2.75) is 25.8 Å². The van der Waals surface area contributed by atoms with Gasteiger partial charge < -0.3 is 19.9 Å². The van der Waals surface area contributed by atoms with Crippen LogP contribution < -0.4 is 14.8 Å². The Morgan fingerprint density at radius 3 is 2.50 bits per heavy atom. The molecule has 0 saturated heterocycles. The van der Waals surface area contributed by atoms with E-state index in [1.54, 1.807) is 18.2 Å². The molecule has 0 aliphatic carbocycles. The van der Waals surface area contributed by atoms with E-state index in [4.69, 9.17) is 14.6 Å². The summed E-state index contributed by atoms with van der Waals surface area (Å²) in [4.78, 5) is 23.2. The Morgan fingerprint density at radius 1 is 1.30 bits per heavy atom. The molecule has 0 unspecified atom stereocenters. The van der Waals surface area contributed by atoms with Crippen molar-refractivity contribution in [1.29, 1.82) is 0 Å². The number of amides is 1. The highest BCUT2D eigenvalue weighted by molar-refractivity contribution is 5.99.